The predicted molar refractivity (Wildman–Crippen MR) is 43.3 cm³/mol. The first kappa shape index (κ1) is 7.78. The molecule has 0 radical (unpaired) electrons. The topological polar surface area (TPSA) is 60.9 Å². The highest BCUT2D eigenvalue weighted by Gasteiger charge is 1.99. The van der Waals surface area contributed by atoms with Gasteiger partial charge in [-0.3, -0.25) is 4.79 Å². The van der Waals surface area contributed by atoms with Crippen molar-refractivity contribution >= 4 is 5.95 Å². The van der Waals surface area contributed by atoms with Crippen molar-refractivity contribution in [3.63, 3.8) is 0 Å². The van der Waals surface area contributed by atoms with Crippen molar-refractivity contribution < 1.29 is 0 Å². The first-order valence-electron chi connectivity index (χ1n) is 3.49. The van der Waals surface area contributed by atoms with Gasteiger partial charge in [-0.1, -0.05) is 0 Å². The zero-order chi connectivity index (χ0) is 8.43. The lowest BCUT2D eigenvalue weighted by Gasteiger charge is -2.08. The molecule has 0 aliphatic carbocycles. The van der Waals surface area contributed by atoms with E-state index < -0.39 is 0 Å². The third kappa shape index (κ3) is 1.39. The lowest BCUT2D eigenvalue weighted by molar-refractivity contribution is 0.718. The van der Waals surface area contributed by atoms with Crippen LogP contribution in [-0.4, -0.2) is 9.55 Å². The monoisotopic (exact) mass is 153 g/mol. The Hall–Kier alpha value is -1.32. The molecule has 1 aromatic heterocycles. The molecule has 0 saturated carbocycles. The summed E-state index contributed by atoms with van der Waals surface area (Å²) in [6.07, 6.45) is 0. The lowest BCUT2D eigenvalue weighted by atomic mass is 10.4. The van der Waals surface area contributed by atoms with E-state index in [1.807, 2.05) is 13.8 Å². The molecule has 0 atom stereocenters. The van der Waals surface area contributed by atoms with Crippen LogP contribution in [0.15, 0.2) is 10.9 Å². The van der Waals surface area contributed by atoms with Crippen LogP contribution < -0.4 is 11.3 Å². The summed E-state index contributed by atoms with van der Waals surface area (Å²) in [4.78, 5) is 14.4. The fraction of sp³-hybridized carbons (Fsp3) is 0.429. The molecular weight excluding hydrogens is 142 g/mol. The van der Waals surface area contributed by atoms with Gasteiger partial charge in [0.15, 0.2) is 0 Å². The Balaban J connectivity index is 3.36. The number of aryl methyl sites for hydroxylation is 1. The molecule has 0 aromatic carbocycles. The number of anilines is 1. The fourth-order valence-corrected chi connectivity index (χ4v) is 1.05. The van der Waals surface area contributed by atoms with E-state index in [9.17, 15) is 4.79 Å². The van der Waals surface area contributed by atoms with Crippen LogP contribution >= 0.6 is 0 Å². The Labute approximate surface area is 64.7 Å². The molecule has 0 aliphatic heterocycles. The Morgan fingerprint density at radius 2 is 2.36 bits per heavy atom. The predicted octanol–water partition coefficient (Wildman–Crippen LogP) is 0.154. The summed E-state index contributed by atoms with van der Waals surface area (Å²) in [5.41, 5.74) is 6.06. The van der Waals surface area contributed by atoms with Gasteiger partial charge in [-0.15, -0.1) is 0 Å². The molecule has 4 heteroatoms. The Morgan fingerprint density at radius 3 is 2.82 bits per heavy atom. The van der Waals surface area contributed by atoms with Gasteiger partial charge in [-0.05, 0) is 13.8 Å². The van der Waals surface area contributed by atoms with Crippen molar-refractivity contribution in [1.29, 1.82) is 0 Å². The summed E-state index contributed by atoms with van der Waals surface area (Å²) >= 11 is 0. The second-order valence-electron chi connectivity index (χ2n) is 2.34. The first-order chi connectivity index (χ1) is 5.15. The van der Waals surface area contributed by atoms with Gasteiger partial charge < -0.3 is 10.3 Å². The summed E-state index contributed by atoms with van der Waals surface area (Å²) in [6.45, 7) is 4.53. The van der Waals surface area contributed by atoms with Gasteiger partial charge in [-0.2, -0.15) is 4.98 Å². The zero-order valence-corrected chi connectivity index (χ0v) is 6.66. The van der Waals surface area contributed by atoms with E-state index in [2.05, 4.69) is 4.98 Å². The molecule has 0 saturated heterocycles. The van der Waals surface area contributed by atoms with Crippen molar-refractivity contribution in [1.82, 2.24) is 9.55 Å². The Morgan fingerprint density at radius 1 is 1.73 bits per heavy atom. The molecule has 0 spiro atoms. The maximum Gasteiger partial charge on any atom is 0.274 e. The molecule has 60 valence electrons. The number of hydrogen-bond acceptors (Lipinski definition) is 3. The molecule has 0 bridgehead atoms. The fourth-order valence-electron chi connectivity index (χ4n) is 1.05. The van der Waals surface area contributed by atoms with Crippen LogP contribution in [0, 0.1) is 6.92 Å². The number of nitrogen functional groups attached to an aromatic ring is 1. The summed E-state index contributed by atoms with van der Waals surface area (Å²) in [5, 5.41) is 0. The molecule has 1 rings (SSSR count). The molecular formula is C7H11N3O. The van der Waals surface area contributed by atoms with E-state index in [1.165, 1.54) is 6.07 Å². The van der Waals surface area contributed by atoms with Gasteiger partial charge in [0.1, 0.15) is 0 Å². The van der Waals surface area contributed by atoms with Gasteiger partial charge in [0.25, 0.3) is 5.56 Å². The highest BCUT2D eigenvalue weighted by atomic mass is 16.1. The molecule has 0 fully saturated rings. The summed E-state index contributed by atoms with van der Waals surface area (Å²) < 4.78 is 1.78. The van der Waals surface area contributed by atoms with Crippen LogP contribution in [0.4, 0.5) is 5.95 Å². The van der Waals surface area contributed by atoms with Gasteiger partial charge in [0.05, 0.1) is 0 Å². The quantitative estimate of drug-likeness (QED) is 0.624. The van der Waals surface area contributed by atoms with Crippen molar-refractivity contribution in [3.05, 3.63) is 22.1 Å². The summed E-state index contributed by atoms with van der Waals surface area (Å²) in [7, 11) is 0. The minimum atomic E-state index is -0.273. The van der Waals surface area contributed by atoms with Crippen LogP contribution in [-0.2, 0) is 6.54 Å². The maximum atomic E-state index is 10.8. The largest absolute Gasteiger partial charge is 0.369 e. The van der Waals surface area contributed by atoms with E-state index in [4.69, 9.17) is 5.73 Å². The molecule has 4 nitrogen and oxygen atoms in total. The van der Waals surface area contributed by atoms with Crippen molar-refractivity contribution in [2.24, 2.45) is 0 Å². The SMILES string of the molecule is CCn1c(C)cc(=O)nc1N. The second-order valence-corrected chi connectivity index (χ2v) is 2.34. The normalized spacial score (nSPS) is 10.0. The number of aromatic nitrogens is 2. The Kier molecular flexibility index (Phi) is 1.94. The first-order valence-corrected chi connectivity index (χ1v) is 3.49. The smallest absolute Gasteiger partial charge is 0.274 e. The lowest BCUT2D eigenvalue weighted by Crippen LogP contribution is -2.17. The van der Waals surface area contributed by atoms with Crippen molar-refractivity contribution in [2.75, 3.05) is 5.73 Å². The second kappa shape index (κ2) is 2.74. The van der Waals surface area contributed by atoms with Gasteiger partial charge in [-0.25, -0.2) is 0 Å². The average Bonchev–Trinajstić information content (AvgIpc) is 1.85. The third-order valence-corrected chi connectivity index (χ3v) is 1.58. The molecule has 1 aromatic rings. The van der Waals surface area contributed by atoms with E-state index in [-0.39, 0.29) is 11.5 Å². The molecule has 11 heavy (non-hydrogen) atoms. The highest BCUT2D eigenvalue weighted by Crippen LogP contribution is 1.99. The number of rotatable bonds is 1. The van der Waals surface area contributed by atoms with Gasteiger partial charge in [0, 0.05) is 18.3 Å². The van der Waals surface area contributed by atoms with Crippen LogP contribution in [0.2, 0.25) is 0 Å². The van der Waals surface area contributed by atoms with E-state index in [0.717, 1.165) is 12.2 Å². The van der Waals surface area contributed by atoms with Gasteiger partial charge >= 0.3 is 0 Å². The minimum Gasteiger partial charge on any atom is -0.369 e. The van der Waals surface area contributed by atoms with Crippen LogP contribution in [0.25, 0.3) is 0 Å². The van der Waals surface area contributed by atoms with Crippen LogP contribution in [0.1, 0.15) is 12.6 Å². The zero-order valence-electron chi connectivity index (χ0n) is 6.66. The van der Waals surface area contributed by atoms with E-state index >= 15 is 0 Å². The number of hydrogen-bond donors (Lipinski definition) is 1. The van der Waals surface area contributed by atoms with Crippen LogP contribution in [0.5, 0.6) is 0 Å². The average molecular weight is 153 g/mol. The Bertz CT molecular complexity index is 290. The van der Waals surface area contributed by atoms with Crippen molar-refractivity contribution in [2.45, 2.75) is 20.4 Å². The molecule has 1 heterocycles. The van der Waals surface area contributed by atoms with Gasteiger partial charge in [0.2, 0.25) is 5.95 Å². The molecule has 2 N–H and O–H groups in total. The molecule has 0 amide bonds. The van der Waals surface area contributed by atoms with E-state index in [1.54, 1.807) is 4.57 Å². The number of nitrogens with two attached hydrogens (primary N) is 1. The highest BCUT2D eigenvalue weighted by molar-refractivity contribution is 5.20. The molecule has 0 unspecified atom stereocenters. The standard InChI is InChI=1S/C7H11N3O/c1-3-10-5(2)4-6(11)9-7(10)8/h4H,3H2,1-2H3,(H2,8,9,11). The van der Waals surface area contributed by atoms with Crippen LogP contribution in [0.3, 0.4) is 0 Å². The van der Waals surface area contributed by atoms with E-state index in [0.29, 0.717) is 0 Å². The summed E-state index contributed by atoms with van der Waals surface area (Å²) in [5.74, 6) is 0.289. The number of nitrogens with zero attached hydrogens (tertiary/aromatic N) is 2. The maximum absolute atomic E-state index is 10.8. The third-order valence-electron chi connectivity index (χ3n) is 1.58. The molecule has 0 aliphatic rings. The minimum absolute atomic E-state index is 0.273. The van der Waals surface area contributed by atoms with Crippen molar-refractivity contribution in [3.8, 4) is 0 Å². The summed E-state index contributed by atoms with van der Waals surface area (Å²) in [6, 6.07) is 1.47.